The fourth-order valence-corrected chi connectivity index (χ4v) is 2.60. The molecule has 2 aromatic rings. The molecule has 1 aromatic carbocycles. The fourth-order valence-electron chi connectivity index (χ4n) is 2.60. The van der Waals surface area contributed by atoms with Crippen molar-refractivity contribution in [3.05, 3.63) is 53.1 Å². The second kappa shape index (κ2) is 6.39. The van der Waals surface area contributed by atoms with Gasteiger partial charge >= 0.3 is 0 Å². The van der Waals surface area contributed by atoms with E-state index in [2.05, 4.69) is 18.1 Å². The lowest BCUT2D eigenvalue weighted by atomic mass is 9.91. The first-order valence-electron chi connectivity index (χ1n) is 7.46. The lowest BCUT2D eigenvalue weighted by molar-refractivity contribution is 0.0586. The number of aromatic nitrogens is 2. The molecule has 0 spiro atoms. The first-order chi connectivity index (χ1) is 9.93. The van der Waals surface area contributed by atoms with Crippen LogP contribution in [0.15, 0.2) is 30.3 Å². The van der Waals surface area contributed by atoms with Crippen molar-refractivity contribution in [3.63, 3.8) is 0 Å². The molecule has 0 aliphatic heterocycles. The average Bonchev–Trinajstić information content (AvgIpc) is 2.82. The van der Waals surface area contributed by atoms with E-state index in [0.717, 1.165) is 29.9 Å². The summed E-state index contributed by atoms with van der Waals surface area (Å²) >= 11 is 0. The van der Waals surface area contributed by atoms with Gasteiger partial charge < -0.3 is 5.11 Å². The van der Waals surface area contributed by atoms with Crippen molar-refractivity contribution < 1.29 is 9.50 Å². The largest absolute Gasteiger partial charge is 0.389 e. The zero-order valence-corrected chi connectivity index (χ0v) is 12.9. The van der Waals surface area contributed by atoms with Gasteiger partial charge in [-0.15, -0.1) is 0 Å². The second-order valence-corrected chi connectivity index (χ2v) is 5.77. The van der Waals surface area contributed by atoms with Gasteiger partial charge in [-0.25, -0.2) is 4.39 Å². The smallest absolute Gasteiger partial charge is 0.123 e. The van der Waals surface area contributed by atoms with E-state index in [4.69, 9.17) is 0 Å². The van der Waals surface area contributed by atoms with Crippen molar-refractivity contribution in [1.29, 1.82) is 0 Å². The van der Waals surface area contributed by atoms with Crippen molar-refractivity contribution in [2.24, 2.45) is 0 Å². The average molecular weight is 290 g/mol. The third kappa shape index (κ3) is 4.14. The molecule has 0 amide bonds. The van der Waals surface area contributed by atoms with E-state index in [-0.39, 0.29) is 5.82 Å². The first-order valence-corrected chi connectivity index (χ1v) is 7.46. The molecule has 21 heavy (non-hydrogen) atoms. The predicted molar refractivity (Wildman–Crippen MR) is 81.7 cm³/mol. The Hall–Kier alpha value is -1.68. The van der Waals surface area contributed by atoms with Gasteiger partial charge in [0.2, 0.25) is 0 Å². The summed E-state index contributed by atoms with van der Waals surface area (Å²) in [6, 6.07) is 8.35. The Balaban J connectivity index is 2.12. The van der Waals surface area contributed by atoms with Crippen LogP contribution in [0.3, 0.4) is 0 Å². The van der Waals surface area contributed by atoms with Crippen LogP contribution in [0.4, 0.5) is 4.39 Å². The minimum Gasteiger partial charge on any atom is -0.389 e. The maximum atomic E-state index is 12.9. The highest BCUT2D eigenvalue weighted by Crippen LogP contribution is 2.20. The van der Waals surface area contributed by atoms with E-state index in [1.807, 2.05) is 18.5 Å². The van der Waals surface area contributed by atoms with Gasteiger partial charge in [0.15, 0.2) is 0 Å². The highest BCUT2D eigenvalue weighted by Gasteiger charge is 2.24. The van der Waals surface area contributed by atoms with Gasteiger partial charge in [0.1, 0.15) is 5.82 Å². The molecule has 1 heterocycles. The number of hydrogen-bond donors (Lipinski definition) is 1. The monoisotopic (exact) mass is 290 g/mol. The summed E-state index contributed by atoms with van der Waals surface area (Å²) in [5.41, 5.74) is 2.14. The third-order valence-electron chi connectivity index (χ3n) is 3.64. The zero-order valence-electron chi connectivity index (χ0n) is 12.9. The van der Waals surface area contributed by atoms with Crippen LogP contribution in [0.2, 0.25) is 0 Å². The topological polar surface area (TPSA) is 38.0 Å². The summed E-state index contributed by atoms with van der Waals surface area (Å²) in [7, 11) is 0. The predicted octanol–water partition coefficient (Wildman–Crippen LogP) is 3.14. The molecule has 0 saturated carbocycles. The molecule has 0 fully saturated rings. The summed E-state index contributed by atoms with van der Waals surface area (Å²) in [5, 5.41) is 15.2. The van der Waals surface area contributed by atoms with Gasteiger partial charge in [0.05, 0.1) is 11.3 Å². The van der Waals surface area contributed by atoms with Crippen LogP contribution in [0.25, 0.3) is 0 Å². The van der Waals surface area contributed by atoms with Gasteiger partial charge in [-0.1, -0.05) is 19.1 Å². The van der Waals surface area contributed by atoms with Gasteiger partial charge in [-0.2, -0.15) is 5.10 Å². The molecule has 2 rings (SSSR count). The van der Waals surface area contributed by atoms with Crippen molar-refractivity contribution in [2.45, 2.75) is 52.2 Å². The van der Waals surface area contributed by atoms with Crippen molar-refractivity contribution in [2.75, 3.05) is 0 Å². The van der Waals surface area contributed by atoms with Gasteiger partial charge in [-0.3, -0.25) is 4.68 Å². The Labute approximate surface area is 125 Å². The minimum absolute atomic E-state index is 0.255. The quantitative estimate of drug-likeness (QED) is 0.887. The zero-order chi connectivity index (χ0) is 15.5. The van der Waals surface area contributed by atoms with Crippen molar-refractivity contribution >= 4 is 0 Å². The SMILES string of the molecule is CCc1cc(CC(C)(O)Cc2ccc(F)cc2)n(CC)n1. The minimum atomic E-state index is -0.879. The van der Waals surface area contributed by atoms with Crippen LogP contribution in [-0.4, -0.2) is 20.5 Å². The van der Waals surface area contributed by atoms with Crippen LogP contribution in [0.5, 0.6) is 0 Å². The molecule has 0 aliphatic rings. The fraction of sp³-hybridized carbons (Fsp3) is 0.471. The Morgan fingerprint density at radius 3 is 2.43 bits per heavy atom. The van der Waals surface area contributed by atoms with E-state index in [9.17, 15) is 9.50 Å². The van der Waals surface area contributed by atoms with Crippen molar-refractivity contribution in [3.8, 4) is 0 Å². The van der Waals surface area contributed by atoms with Crippen LogP contribution in [0, 0.1) is 5.82 Å². The Bertz CT molecular complexity index is 587. The van der Waals surface area contributed by atoms with E-state index in [0.29, 0.717) is 12.8 Å². The Morgan fingerprint density at radius 1 is 1.19 bits per heavy atom. The lowest BCUT2D eigenvalue weighted by Crippen LogP contribution is -2.31. The maximum Gasteiger partial charge on any atom is 0.123 e. The van der Waals surface area contributed by atoms with Crippen LogP contribution in [0.1, 0.15) is 37.7 Å². The summed E-state index contributed by atoms with van der Waals surface area (Å²) in [6.45, 7) is 6.73. The van der Waals surface area contributed by atoms with E-state index >= 15 is 0 Å². The molecule has 1 N–H and O–H groups in total. The van der Waals surface area contributed by atoms with Crippen LogP contribution in [-0.2, 0) is 25.8 Å². The van der Waals surface area contributed by atoms with Crippen LogP contribution < -0.4 is 0 Å². The molecule has 0 aliphatic carbocycles. The lowest BCUT2D eigenvalue weighted by Gasteiger charge is -2.23. The molecule has 0 radical (unpaired) electrons. The summed E-state index contributed by atoms with van der Waals surface area (Å²) < 4.78 is 14.9. The normalized spacial score (nSPS) is 14.1. The molecular formula is C17H23FN2O. The summed E-state index contributed by atoms with van der Waals surface area (Å²) in [5.74, 6) is -0.255. The van der Waals surface area contributed by atoms with Gasteiger partial charge in [0.25, 0.3) is 0 Å². The number of nitrogens with zero attached hydrogens (tertiary/aromatic N) is 2. The number of rotatable bonds is 6. The highest BCUT2D eigenvalue weighted by atomic mass is 19.1. The Morgan fingerprint density at radius 2 is 1.86 bits per heavy atom. The van der Waals surface area contributed by atoms with E-state index in [1.165, 1.54) is 12.1 Å². The number of halogens is 1. The molecule has 4 heteroatoms. The van der Waals surface area contributed by atoms with Gasteiger partial charge in [-0.05, 0) is 44.0 Å². The number of aryl methyl sites for hydroxylation is 2. The van der Waals surface area contributed by atoms with Gasteiger partial charge in [0, 0.05) is 25.1 Å². The van der Waals surface area contributed by atoms with E-state index < -0.39 is 5.60 Å². The number of benzene rings is 1. The third-order valence-corrected chi connectivity index (χ3v) is 3.64. The number of aliphatic hydroxyl groups is 1. The molecule has 1 atom stereocenters. The number of hydrogen-bond acceptors (Lipinski definition) is 2. The Kier molecular flexibility index (Phi) is 4.78. The molecule has 3 nitrogen and oxygen atoms in total. The molecule has 0 saturated heterocycles. The van der Waals surface area contributed by atoms with Crippen molar-refractivity contribution in [1.82, 2.24) is 9.78 Å². The highest BCUT2D eigenvalue weighted by molar-refractivity contribution is 5.20. The maximum absolute atomic E-state index is 12.9. The van der Waals surface area contributed by atoms with E-state index in [1.54, 1.807) is 12.1 Å². The molecular weight excluding hydrogens is 267 g/mol. The molecule has 114 valence electrons. The second-order valence-electron chi connectivity index (χ2n) is 5.77. The first kappa shape index (κ1) is 15.7. The standard InChI is InChI=1S/C17H23FN2O/c1-4-15-10-16(20(5-2)19-15)12-17(3,21)11-13-6-8-14(18)9-7-13/h6-10,21H,4-5,11-12H2,1-3H3. The molecule has 1 aromatic heterocycles. The summed E-state index contributed by atoms with van der Waals surface area (Å²) in [4.78, 5) is 0. The van der Waals surface area contributed by atoms with Crippen LogP contribution >= 0.6 is 0 Å². The molecule has 1 unspecified atom stereocenters. The molecule has 0 bridgehead atoms. The summed E-state index contributed by atoms with van der Waals surface area (Å²) in [6.07, 6.45) is 1.91.